The summed E-state index contributed by atoms with van der Waals surface area (Å²) in [6.07, 6.45) is 0. The van der Waals surface area contributed by atoms with E-state index in [0.29, 0.717) is 21.2 Å². The first kappa shape index (κ1) is 24.8. The Morgan fingerprint density at radius 2 is 1.82 bits per heavy atom. The Kier molecular flexibility index (Phi) is 7.78. The summed E-state index contributed by atoms with van der Waals surface area (Å²) in [5.41, 5.74) is 0.924. The van der Waals surface area contributed by atoms with E-state index in [1.807, 2.05) is 19.2 Å². The van der Waals surface area contributed by atoms with Crippen molar-refractivity contribution in [2.75, 3.05) is 5.32 Å². The van der Waals surface area contributed by atoms with Crippen LogP contribution in [0.1, 0.15) is 36.0 Å². The normalized spacial score (nSPS) is 11.3. The number of rotatable bonds is 8. The van der Waals surface area contributed by atoms with Crippen LogP contribution in [-0.4, -0.2) is 31.2 Å². The second-order valence-electron chi connectivity index (χ2n) is 7.50. The highest BCUT2D eigenvalue weighted by atomic mass is 35.5. The Morgan fingerprint density at radius 1 is 1.12 bits per heavy atom. The fraction of sp³-hybridized carbons (Fsp3) is 0.217. The Labute approximate surface area is 202 Å². The molecule has 0 aliphatic heterocycles. The summed E-state index contributed by atoms with van der Waals surface area (Å²) < 4.78 is 31.2. The molecule has 0 bridgehead atoms. The minimum atomic E-state index is -4.17. The summed E-state index contributed by atoms with van der Waals surface area (Å²) in [5.74, 6) is -0.350. The zero-order chi connectivity index (χ0) is 24.2. The molecule has 10 heteroatoms. The predicted molar refractivity (Wildman–Crippen MR) is 129 cm³/mol. The second-order valence-corrected chi connectivity index (χ2v) is 10.4. The van der Waals surface area contributed by atoms with Crippen LogP contribution in [0.5, 0.6) is 5.75 Å². The van der Waals surface area contributed by atoms with E-state index in [-0.39, 0.29) is 35.0 Å². The van der Waals surface area contributed by atoms with Crippen LogP contribution in [-0.2, 0) is 21.5 Å². The van der Waals surface area contributed by atoms with Gasteiger partial charge in [0.25, 0.3) is 5.91 Å². The lowest BCUT2D eigenvalue weighted by atomic mass is 10.1. The van der Waals surface area contributed by atoms with Gasteiger partial charge >= 0.3 is 10.1 Å². The number of anilines is 1. The lowest BCUT2D eigenvalue weighted by molar-refractivity contribution is -0.114. The number of halogens is 1. The van der Waals surface area contributed by atoms with Gasteiger partial charge in [-0.25, -0.2) is 0 Å². The molecule has 0 fully saturated rings. The molecule has 1 aromatic heterocycles. The highest BCUT2D eigenvalue weighted by molar-refractivity contribution is 7.87. The summed E-state index contributed by atoms with van der Waals surface area (Å²) in [6, 6.07) is 13.6. The molecule has 3 aromatic rings. The van der Waals surface area contributed by atoms with E-state index in [4.69, 9.17) is 15.8 Å². The summed E-state index contributed by atoms with van der Waals surface area (Å²) in [7, 11) is -4.17. The standard InChI is InChI=1S/C23H23ClN2O5S2/c1-15(2)26(23(28)22-5-4-12-32-22)14-17-13-18(24)6-11-21(17)31-33(29,30)20-9-7-19(8-10-20)25-16(3)27/h4-13,15H,14H2,1-3H3,(H,25,27). The van der Waals surface area contributed by atoms with E-state index >= 15 is 0 Å². The number of nitrogens with one attached hydrogen (secondary N) is 1. The molecule has 0 aliphatic rings. The topological polar surface area (TPSA) is 92.8 Å². The number of amides is 2. The van der Waals surface area contributed by atoms with Gasteiger partial charge in [-0.05, 0) is 67.8 Å². The van der Waals surface area contributed by atoms with E-state index in [2.05, 4.69) is 5.32 Å². The van der Waals surface area contributed by atoms with Crippen LogP contribution in [0.15, 0.2) is 64.9 Å². The molecule has 0 saturated carbocycles. The van der Waals surface area contributed by atoms with Crippen molar-refractivity contribution in [3.8, 4) is 5.75 Å². The molecule has 3 rings (SSSR count). The number of carbonyl (C=O) groups excluding carboxylic acids is 2. The van der Waals surface area contributed by atoms with Gasteiger partial charge in [0.1, 0.15) is 10.6 Å². The van der Waals surface area contributed by atoms with Gasteiger partial charge in [-0.15, -0.1) is 11.3 Å². The van der Waals surface area contributed by atoms with Gasteiger partial charge < -0.3 is 14.4 Å². The Balaban J connectivity index is 1.88. The molecule has 2 aromatic carbocycles. The van der Waals surface area contributed by atoms with Crippen molar-refractivity contribution in [3.63, 3.8) is 0 Å². The van der Waals surface area contributed by atoms with Crippen molar-refractivity contribution in [2.45, 2.75) is 38.3 Å². The summed E-state index contributed by atoms with van der Waals surface area (Å²) in [4.78, 5) is 26.3. The molecule has 0 atom stereocenters. The van der Waals surface area contributed by atoms with Crippen LogP contribution in [0.2, 0.25) is 5.02 Å². The first-order valence-electron chi connectivity index (χ1n) is 10.0. The molecule has 0 aliphatic carbocycles. The highest BCUT2D eigenvalue weighted by Crippen LogP contribution is 2.29. The first-order valence-corrected chi connectivity index (χ1v) is 12.7. The Morgan fingerprint density at radius 3 is 2.39 bits per heavy atom. The maximum Gasteiger partial charge on any atom is 0.339 e. The van der Waals surface area contributed by atoms with E-state index in [1.54, 1.807) is 23.1 Å². The van der Waals surface area contributed by atoms with Gasteiger partial charge in [-0.3, -0.25) is 9.59 Å². The molecule has 1 heterocycles. The van der Waals surface area contributed by atoms with Crippen LogP contribution in [0.25, 0.3) is 0 Å². The fourth-order valence-corrected chi connectivity index (χ4v) is 4.88. The highest BCUT2D eigenvalue weighted by Gasteiger charge is 2.24. The molecule has 1 N–H and O–H groups in total. The third kappa shape index (κ3) is 6.34. The zero-order valence-electron chi connectivity index (χ0n) is 18.2. The number of carbonyl (C=O) groups is 2. The van der Waals surface area contributed by atoms with Crippen LogP contribution in [0, 0.1) is 0 Å². The monoisotopic (exact) mass is 506 g/mol. The SMILES string of the molecule is CC(=O)Nc1ccc(S(=O)(=O)Oc2ccc(Cl)cc2CN(C(=O)c2cccs2)C(C)C)cc1. The second kappa shape index (κ2) is 10.4. The van der Waals surface area contributed by atoms with Gasteiger partial charge in [0.15, 0.2) is 0 Å². The van der Waals surface area contributed by atoms with E-state index in [0.717, 1.165) is 0 Å². The lowest BCUT2D eigenvalue weighted by Gasteiger charge is -2.27. The van der Waals surface area contributed by atoms with Gasteiger partial charge in [0.05, 0.1) is 11.4 Å². The number of thiophene rings is 1. The average Bonchev–Trinajstić information content (AvgIpc) is 3.28. The predicted octanol–water partition coefficient (Wildman–Crippen LogP) is 5.18. The number of benzene rings is 2. The van der Waals surface area contributed by atoms with Crippen molar-refractivity contribution in [2.24, 2.45) is 0 Å². The fourth-order valence-electron chi connectivity index (χ4n) is 3.04. The van der Waals surface area contributed by atoms with Crippen LogP contribution in [0.3, 0.4) is 0 Å². The molecular weight excluding hydrogens is 484 g/mol. The minimum absolute atomic E-state index is 0.0760. The quantitative estimate of drug-likeness (QED) is 0.425. The van der Waals surface area contributed by atoms with Gasteiger partial charge in [-0.1, -0.05) is 17.7 Å². The first-order chi connectivity index (χ1) is 15.6. The molecule has 0 saturated heterocycles. The van der Waals surface area contributed by atoms with Crippen molar-refractivity contribution >= 4 is 50.6 Å². The minimum Gasteiger partial charge on any atom is -0.379 e. The molecule has 33 heavy (non-hydrogen) atoms. The molecule has 0 spiro atoms. The maximum atomic E-state index is 13.0. The van der Waals surface area contributed by atoms with Crippen molar-refractivity contribution in [1.82, 2.24) is 4.90 Å². The van der Waals surface area contributed by atoms with E-state index in [1.165, 1.54) is 54.7 Å². The maximum absolute atomic E-state index is 13.0. The lowest BCUT2D eigenvalue weighted by Crippen LogP contribution is -2.36. The molecule has 7 nitrogen and oxygen atoms in total. The van der Waals surface area contributed by atoms with E-state index in [9.17, 15) is 18.0 Å². The van der Waals surface area contributed by atoms with Crippen molar-refractivity contribution < 1.29 is 22.2 Å². The molecule has 0 radical (unpaired) electrons. The van der Waals surface area contributed by atoms with Crippen LogP contribution in [0.4, 0.5) is 5.69 Å². The average molecular weight is 507 g/mol. The zero-order valence-corrected chi connectivity index (χ0v) is 20.6. The third-order valence-corrected chi connectivity index (χ3v) is 6.98. The number of hydrogen-bond acceptors (Lipinski definition) is 6. The Hall–Kier alpha value is -2.88. The largest absolute Gasteiger partial charge is 0.379 e. The number of hydrogen-bond donors (Lipinski definition) is 1. The smallest absolute Gasteiger partial charge is 0.339 e. The molecule has 174 valence electrons. The third-order valence-electron chi connectivity index (χ3n) is 4.64. The molecule has 2 amide bonds. The van der Waals surface area contributed by atoms with Crippen LogP contribution < -0.4 is 9.50 Å². The molecule has 0 unspecified atom stereocenters. The van der Waals surface area contributed by atoms with Crippen molar-refractivity contribution in [1.29, 1.82) is 0 Å². The Bertz CT molecular complexity index is 1240. The van der Waals surface area contributed by atoms with Gasteiger partial charge in [-0.2, -0.15) is 8.42 Å². The summed E-state index contributed by atoms with van der Waals surface area (Å²) >= 11 is 7.50. The molecular formula is C23H23ClN2O5S2. The summed E-state index contributed by atoms with van der Waals surface area (Å²) in [6.45, 7) is 5.23. The van der Waals surface area contributed by atoms with Crippen molar-refractivity contribution in [3.05, 3.63) is 75.4 Å². The number of nitrogens with zero attached hydrogens (tertiary/aromatic N) is 1. The summed E-state index contributed by atoms with van der Waals surface area (Å²) in [5, 5.41) is 4.79. The van der Waals surface area contributed by atoms with Crippen LogP contribution >= 0.6 is 22.9 Å². The van der Waals surface area contributed by atoms with Gasteiger partial charge in [0.2, 0.25) is 5.91 Å². The van der Waals surface area contributed by atoms with E-state index < -0.39 is 10.1 Å². The van der Waals surface area contributed by atoms with Gasteiger partial charge in [0, 0.05) is 29.2 Å².